The van der Waals surface area contributed by atoms with Gasteiger partial charge in [0, 0.05) is 24.2 Å². The van der Waals surface area contributed by atoms with Gasteiger partial charge in [0.25, 0.3) is 0 Å². The molecule has 2 rings (SSSR count). The average Bonchev–Trinajstić information content (AvgIpc) is 2.77. The molecule has 116 valence electrons. The van der Waals surface area contributed by atoms with Gasteiger partial charge in [-0.15, -0.1) is 0 Å². The third-order valence-electron chi connectivity index (χ3n) is 5.04. The van der Waals surface area contributed by atoms with E-state index in [2.05, 4.69) is 43.5 Å². The first-order chi connectivity index (χ1) is 10.1. The van der Waals surface area contributed by atoms with Crippen molar-refractivity contribution in [2.75, 3.05) is 20.2 Å². The number of ether oxygens (including phenoxy) is 1. The third-order valence-corrected chi connectivity index (χ3v) is 5.04. The highest BCUT2D eigenvalue weighted by atomic mass is 16.5. The first-order valence-corrected chi connectivity index (χ1v) is 8.22. The van der Waals surface area contributed by atoms with E-state index in [0.29, 0.717) is 0 Å². The van der Waals surface area contributed by atoms with E-state index in [1.807, 2.05) is 6.07 Å². The van der Waals surface area contributed by atoms with Crippen molar-refractivity contribution >= 4 is 0 Å². The van der Waals surface area contributed by atoms with Gasteiger partial charge in [0.15, 0.2) is 0 Å². The van der Waals surface area contributed by atoms with Crippen LogP contribution in [0.25, 0.3) is 0 Å². The summed E-state index contributed by atoms with van der Waals surface area (Å²) in [4.78, 5) is 2.51. The van der Waals surface area contributed by atoms with E-state index in [1.165, 1.54) is 30.5 Å². The summed E-state index contributed by atoms with van der Waals surface area (Å²) in [6.07, 6.45) is 6.01. The molecular weight excluding hydrogens is 258 g/mol. The molecule has 1 aromatic carbocycles. The molecule has 0 N–H and O–H groups in total. The van der Waals surface area contributed by atoms with Crippen LogP contribution in [0.2, 0.25) is 0 Å². The van der Waals surface area contributed by atoms with E-state index in [-0.39, 0.29) is 5.41 Å². The molecule has 21 heavy (non-hydrogen) atoms. The predicted octanol–water partition coefficient (Wildman–Crippen LogP) is 4.75. The van der Waals surface area contributed by atoms with E-state index in [0.717, 1.165) is 31.7 Å². The summed E-state index contributed by atoms with van der Waals surface area (Å²) in [5.74, 6) is 0.963. The van der Waals surface area contributed by atoms with Gasteiger partial charge < -0.3 is 9.64 Å². The van der Waals surface area contributed by atoms with E-state index in [4.69, 9.17) is 4.74 Å². The Morgan fingerprint density at radius 1 is 1.33 bits per heavy atom. The Kier molecular flexibility index (Phi) is 5.33. The fourth-order valence-corrected chi connectivity index (χ4v) is 3.46. The third kappa shape index (κ3) is 3.42. The monoisotopic (exact) mass is 287 g/mol. The lowest BCUT2D eigenvalue weighted by atomic mass is 9.74. The van der Waals surface area contributed by atoms with Crippen LogP contribution >= 0.6 is 0 Å². The first kappa shape index (κ1) is 15.9. The number of hydrogen-bond donors (Lipinski definition) is 0. The molecule has 0 radical (unpaired) electrons. The van der Waals surface area contributed by atoms with Crippen molar-refractivity contribution in [3.63, 3.8) is 0 Å². The molecular formula is C19H29NO. The van der Waals surface area contributed by atoms with Crippen LogP contribution in [-0.4, -0.2) is 25.1 Å². The lowest BCUT2D eigenvalue weighted by molar-refractivity contribution is 0.258. The highest BCUT2D eigenvalue weighted by Crippen LogP contribution is 2.38. The maximum Gasteiger partial charge on any atom is 0.119 e. The topological polar surface area (TPSA) is 12.5 Å². The number of allylic oxidation sites excluding steroid dienone is 1. The van der Waals surface area contributed by atoms with Crippen LogP contribution < -0.4 is 4.74 Å². The second-order valence-corrected chi connectivity index (χ2v) is 6.16. The molecule has 0 unspecified atom stereocenters. The molecule has 1 saturated heterocycles. The predicted molar refractivity (Wildman–Crippen MR) is 89.8 cm³/mol. The Morgan fingerprint density at radius 2 is 2.14 bits per heavy atom. The summed E-state index contributed by atoms with van der Waals surface area (Å²) >= 11 is 0. The van der Waals surface area contributed by atoms with Crippen molar-refractivity contribution in [1.82, 2.24) is 4.90 Å². The molecule has 2 nitrogen and oxygen atoms in total. The molecule has 1 aliphatic heterocycles. The van der Waals surface area contributed by atoms with Gasteiger partial charge in [-0.05, 0) is 43.4 Å². The van der Waals surface area contributed by atoms with E-state index < -0.39 is 0 Å². The molecule has 0 bridgehead atoms. The number of nitrogens with zero attached hydrogens (tertiary/aromatic N) is 1. The van der Waals surface area contributed by atoms with Crippen molar-refractivity contribution in [2.45, 2.75) is 51.4 Å². The van der Waals surface area contributed by atoms with Crippen LogP contribution in [0, 0.1) is 0 Å². The molecule has 0 spiro atoms. The van der Waals surface area contributed by atoms with E-state index >= 15 is 0 Å². The largest absolute Gasteiger partial charge is 0.497 e. The van der Waals surface area contributed by atoms with Crippen molar-refractivity contribution in [3.05, 3.63) is 42.1 Å². The highest BCUT2D eigenvalue weighted by Gasteiger charge is 2.34. The molecule has 1 atom stereocenters. The van der Waals surface area contributed by atoms with Gasteiger partial charge in [0.1, 0.15) is 5.75 Å². The molecule has 0 aromatic heterocycles. The van der Waals surface area contributed by atoms with Crippen LogP contribution in [0.1, 0.15) is 51.5 Å². The minimum Gasteiger partial charge on any atom is -0.497 e. The molecule has 0 aliphatic carbocycles. The van der Waals surface area contributed by atoms with Crippen LogP contribution in [0.15, 0.2) is 36.5 Å². The lowest BCUT2D eigenvalue weighted by Crippen LogP contribution is -2.38. The summed E-state index contributed by atoms with van der Waals surface area (Å²) < 4.78 is 5.43. The van der Waals surface area contributed by atoms with Crippen LogP contribution in [0.4, 0.5) is 0 Å². The SMILES string of the molecule is C=C(CC)N1CCCC[C@](CC)(c2cccc(OC)c2)C1. The van der Waals surface area contributed by atoms with E-state index in [1.54, 1.807) is 7.11 Å². The fourth-order valence-electron chi connectivity index (χ4n) is 3.46. The molecule has 0 amide bonds. The van der Waals surface area contributed by atoms with Gasteiger partial charge in [-0.3, -0.25) is 0 Å². The summed E-state index contributed by atoms with van der Waals surface area (Å²) in [5, 5.41) is 0. The van der Waals surface area contributed by atoms with E-state index in [9.17, 15) is 0 Å². The highest BCUT2D eigenvalue weighted by molar-refractivity contribution is 5.34. The number of benzene rings is 1. The second-order valence-electron chi connectivity index (χ2n) is 6.16. The smallest absolute Gasteiger partial charge is 0.119 e. The van der Waals surface area contributed by atoms with Gasteiger partial charge in [0.05, 0.1) is 7.11 Å². The van der Waals surface area contributed by atoms with Crippen molar-refractivity contribution in [2.24, 2.45) is 0 Å². The zero-order valence-electron chi connectivity index (χ0n) is 13.8. The number of hydrogen-bond acceptors (Lipinski definition) is 2. The maximum atomic E-state index is 5.43. The quantitative estimate of drug-likeness (QED) is 0.774. The average molecular weight is 287 g/mol. The molecule has 1 fully saturated rings. The van der Waals surface area contributed by atoms with Crippen molar-refractivity contribution < 1.29 is 4.74 Å². The molecule has 1 heterocycles. The van der Waals surface area contributed by atoms with Gasteiger partial charge in [-0.2, -0.15) is 0 Å². The Balaban J connectivity index is 2.35. The van der Waals surface area contributed by atoms with Gasteiger partial charge in [-0.25, -0.2) is 0 Å². The van der Waals surface area contributed by atoms with Gasteiger partial charge >= 0.3 is 0 Å². The van der Waals surface area contributed by atoms with Crippen molar-refractivity contribution in [1.29, 1.82) is 0 Å². The van der Waals surface area contributed by atoms with Gasteiger partial charge in [0.2, 0.25) is 0 Å². The minimum absolute atomic E-state index is 0.225. The maximum absolute atomic E-state index is 5.43. The summed E-state index contributed by atoms with van der Waals surface area (Å²) in [6.45, 7) is 11.0. The normalized spacial score (nSPS) is 22.7. The lowest BCUT2D eigenvalue weighted by Gasteiger charge is -2.38. The summed E-state index contributed by atoms with van der Waals surface area (Å²) in [6, 6.07) is 8.65. The van der Waals surface area contributed by atoms with Crippen molar-refractivity contribution in [3.8, 4) is 5.75 Å². The fraction of sp³-hybridized carbons (Fsp3) is 0.579. The second kappa shape index (κ2) is 7.02. The Morgan fingerprint density at radius 3 is 2.81 bits per heavy atom. The standard InChI is InChI=1S/C19H29NO/c1-5-16(3)20-13-8-7-12-19(6-2,15-20)17-10-9-11-18(14-17)21-4/h9-11,14H,3,5-8,12-13,15H2,1-2,4H3/t19-/m0/s1. The molecule has 1 aromatic rings. The summed E-state index contributed by atoms with van der Waals surface area (Å²) in [5.41, 5.74) is 2.92. The number of rotatable bonds is 5. The van der Waals surface area contributed by atoms with Gasteiger partial charge in [-0.1, -0.05) is 39.0 Å². The number of likely N-dealkylation sites (tertiary alicyclic amines) is 1. The zero-order chi connectivity index (χ0) is 15.3. The summed E-state index contributed by atoms with van der Waals surface area (Å²) in [7, 11) is 1.75. The zero-order valence-corrected chi connectivity index (χ0v) is 13.8. The Hall–Kier alpha value is -1.44. The Bertz CT molecular complexity index is 482. The first-order valence-electron chi connectivity index (χ1n) is 8.22. The number of methoxy groups -OCH3 is 1. The molecule has 1 aliphatic rings. The molecule has 2 heteroatoms. The minimum atomic E-state index is 0.225. The van der Waals surface area contributed by atoms with Crippen LogP contribution in [0.3, 0.4) is 0 Å². The molecule has 0 saturated carbocycles. The van der Waals surface area contributed by atoms with Crippen LogP contribution in [0.5, 0.6) is 5.75 Å². The Labute approximate surface area is 129 Å². The van der Waals surface area contributed by atoms with Crippen LogP contribution in [-0.2, 0) is 5.41 Å².